The highest BCUT2D eigenvalue weighted by molar-refractivity contribution is 6.07. The second-order valence-corrected chi connectivity index (χ2v) is 4.80. The van der Waals surface area contributed by atoms with E-state index >= 15 is 0 Å². The van der Waals surface area contributed by atoms with E-state index in [-0.39, 0.29) is 11.8 Å². The molecule has 2 aromatic carbocycles. The van der Waals surface area contributed by atoms with Gasteiger partial charge in [0.2, 0.25) is 11.8 Å². The molecule has 106 valence electrons. The smallest absolute Gasteiger partial charge is 0.233 e. The molecule has 0 aliphatic carbocycles. The molecule has 0 saturated carbocycles. The minimum atomic E-state index is -0.639. The lowest BCUT2D eigenvalue weighted by molar-refractivity contribution is -0.128. The minimum absolute atomic E-state index is 0.326. The van der Waals surface area contributed by atoms with E-state index in [0.717, 1.165) is 10.5 Å². The van der Waals surface area contributed by atoms with Crippen molar-refractivity contribution in [2.24, 2.45) is 0 Å². The Balaban J connectivity index is 1.71. The number of amides is 2. The van der Waals surface area contributed by atoms with Gasteiger partial charge in [0, 0.05) is 12.0 Å². The first kappa shape index (κ1) is 13.5. The number of rotatable bonds is 3. The molecule has 4 heteroatoms. The fraction of sp³-hybridized carbons (Fsp3) is 0.118. The van der Waals surface area contributed by atoms with Gasteiger partial charge in [-0.05, 0) is 17.7 Å². The summed E-state index contributed by atoms with van der Waals surface area (Å²) in [5.74, 6) is -0.691. The van der Waals surface area contributed by atoms with Gasteiger partial charge in [0.1, 0.15) is 6.10 Å². The third-order valence-corrected chi connectivity index (χ3v) is 3.35. The lowest BCUT2D eigenvalue weighted by Crippen LogP contribution is -2.34. The van der Waals surface area contributed by atoms with Crippen LogP contribution in [0.15, 0.2) is 60.7 Å². The van der Waals surface area contributed by atoms with Crippen LogP contribution in [0, 0.1) is 6.73 Å². The molecular formula is C17H14NO3-. The zero-order valence-electron chi connectivity index (χ0n) is 11.3. The molecule has 3 rings (SSSR count). The predicted molar refractivity (Wildman–Crippen MR) is 76.9 cm³/mol. The summed E-state index contributed by atoms with van der Waals surface area (Å²) < 4.78 is 5.35. The summed E-state index contributed by atoms with van der Waals surface area (Å²) >= 11 is 0. The number of nitrogens with zero attached hydrogens (tertiary/aromatic N) is 1. The van der Waals surface area contributed by atoms with Crippen LogP contribution in [0.2, 0.25) is 0 Å². The van der Waals surface area contributed by atoms with E-state index in [4.69, 9.17) is 4.74 Å². The number of ether oxygens (including phenoxy) is 1. The Bertz CT molecular complexity index is 640. The number of carbonyl (C=O) groups is 2. The first-order valence-electron chi connectivity index (χ1n) is 6.71. The molecule has 0 N–H and O–H groups in total. The first-order valence-corrected chi connectivity index (χ1v) is 6.71. The number of benzene rings is 2. The molecule has 1 saturated heterocycles. The van der Waals surface area contributed by atoms with E-state index < -0.39 is 6.10 Å². The maximum atomic E-state index is 12.3. The summed E-state index contributed by atoms with van der Waals surface area (Å²) in [5, 5.41) is 0. The van der Waals surface area contributed by atoms with Crippen molar-refractivity contribution in [2.75, 3.05) is 0 Å². The molecule has 1 atom stereocenters. The van der Waals surface area contributed by atoms with Crippen LogP contribution in [0.3, 0.4) is 0 Å². The van der Waals surface area contributed by atoms with Gasteiger partial charge in [0.05, 0.1) is 0 Å². The van der Waals surface area contributed by atoms with E-state index in [0.29, 0.717) is 12.0 Å². The molecule has 0 radical (unpaired) electrons. The molecule has 4 nitrogen and oxygen atoms in total. The van der Waals surface area contributed by atoms with E-state index in [2.05, 4.69) is 0 Å². The average molecular weight is 280 g/mol. The quantitative estimate of drug-likeness (QED) is 0.640. The summed E-state index contributed by atoms with van der Waals surface area (Å²) in [7, 11) is 0. The Morgan fingerprint density at radius 3 is 2.33 bits per heavy atom. The molecule has 1 unspecified atom stereocenters. The molecule has 1 fully saturated rings. The highest BCUT2D eigenvalue weighted by Crippen LogP contribution is 2.20. The number of hydrogen-bond donors (Lipinski definition) is 0. The maximum absolute atomic E-state index is 12.3. The summed E-state index contributed by atoms with van der Waals surface area (Å²) in [6, 6.07) is 18.3. The molecule has 1 aliphatic rings. The van der Waals surface area contributed by atoms with E-state index in [9.17, 15) is 9.59 Å². The van der Waals surface area contributed by atoms with Crippen LogP contribution in [0.25, 0.3) is 0 Å². The monoisotopic (exact) mass is 280 g/mol. The zero-order chi connectivity index (χ0) is 14.7. The van der Waals surface area contributed by atoms with Crippen LogP contribution >= 0.6 is 0 Å². The zero-order valence-corrected chi connectivity index (χ0v) is 11.3. The summed E-state index contributed by atoms with van der Waals surface area (Å²) in [6.07, 6.45) is -0.186. The van der Waals surface area contributed by atoms with E-state index in [1.807, 2.05) is 36.4 Å². The molecule has 1 heterocycles. The largest absolute Gasteiger partial charge is 0.521 e. The van der Waals surface area contributed by atoms with Crippen LogP contribution in [-0.2, 0) is 16.0 Å². The van der Waals surface area contributed by atoms with Crippen molar-refractivity contribution in [3.63, 3.8) is 0 Å². The Morgan fingerprint density at radius 2 is 1.67 bits per heavy atom. The third-order valence-electron chi connectivity index (χ3n) is 3.35. The molecule has 0 aromatic heterocycles. The van der Waals surface area contributed by atoms with Gasteiger partial charge in [-0.15, -0.1) is 6.73 Å². The normalized spacial score (nSPS) is 18.0. The Labute approximate surface area is 123 Å². The molecule has 2 amide bonds. The van der Waals surface area contributed by atoms with Gasteiger partial charge < -0.3 is 9.64 Å². The van der Waals surface area contributed by atoms with Gasteiger partial charge >= 0.3 is 0 Å². The number of carbonyl (C=O) groups excluding carboxylic acids is 2. The molecule has 1 aliphatic heterocycles. The van der Waals surface area contributed by atoms with Crippen molar-refractivity contribution in [1.29, 1.82) is 0 Å². The molecular weight excluding hydrogens is 266 g/mol. The van der Waals surface area contributed by atoms with Crippen molar-refractivity contribution in [3.05, 3.63) is 78.5 Å². The lowest BCUT2D eigenvalue weighted by Gasteiger charge is -2.21. The summed E-state index contributed by atoms with van der Waals surface area (Å²) in [6.45, 7) is 1.21. The molecule has 21 heavy (non-hydrogen) atoms. The van der Waals surface area contributed by atoms with Crippen molar-refractivity contribution in [3.8, 4) is 0 Å². The molecule has 0 spiro atoms. The lowest BCUT2D eigenvalue weighted by atomic mass is 10.1. The highest BCUT2D eigenvalue weighted by Gasteiger charge is 2.29. The third kappa shape index (κ3) is 2.85. The SMILES string of the molecule is O=C(c1ccccc1)N1[CH-]OC(Cc2ccccc2)C1=O. The van der Waals surface area contributed by atoms with Crippen LogP contribution < -0.4 is 0 Å². The second-order valence-electron chi connectivity index (χ2n) is 4.80. The number of imide groups is 1. The van der Waals surface area contributed by atoms with Gasteiger partial charge in [-0.2, -0.15) is 0 Å². The Hall–Kier alpha value is -2.46. The van der Waals surface area contributed by atoms with E-state index in [1.54, 1.807) is 24.3 Å². The van der Waals surface area contributed by atoms with Crippen molar-refractivity contribution in [2.45, 2.75) is 12.5 Å². The Kier molecular flexibility index (Phi) is 3.79. The van der Waals surface area contributed by atoms with Gasteiger partial charge in [-0.3, -0.25) is 9.59 Å². The van der Waals surface area contributed by atoms with Crippen LogP contribution in [-0.4, -0.2) is 22.8 Å². The highest BCUT2D eigenvalue weighted by atomic mass is 16.5. The van der Waals surface area contributed by atoms with Gasteiger partial charge in [0.15, 0.2) is 0 Å². The van der Waals surface area contributed by atoms with Gasteiger partial charge in [-0.1, -0.05) is 48.5 Å². The van der Waals surface area contributed by atoms with Gasteiger partial charge in [-0.25, -0.2) is 0 Å². The fourth-order valence-corrected chi connectivity index (χ4v) is 2.23. The van der Waals surface area contributed by atoms with E-state index in [1.165, 1.54) is 6.73 Å². The van der Waals surface area contributed by atoms with Crippen LogP contribution in [0.1, 0.15) is 15.9 Å². The van der Waals surface area contributed by atoms with Gasteiger partial charge in [0.25, 0.3) is 0 Å². The standard InChI is InChI=1S/C17H14NO3/c19-16(14-9-5-2-6-10-14)18-12-21-15(17(18)20)11-13-7-3-1-4-8-13/h1-10,12,15H,11H2/q-1. The maximum Gasteiger partial charge on any atom is 0.233 e. The molecule has 2 aromatic rings. The van der Waals surface area contributed by atoms with Crippen molar-refractivity contribution in [1.82, 2.24) is 4.90 Å². The van der Waals surface area contributed by atoms with Crippen molar-refractivity contribution < 1.29 is 14.3 Å². The molecule has 0 bridgehead atoms. The second kappa shape index (κ2) is 5.89. The number of hydrogen-bond acceptors (Lipinski definition) is 3. The minimum Gasteiger partial charge on any atom is -0.521 e. The first-order chi connectivity index (χ1) is 10.3. The van der Waals surface area contributed by atoms with Crippen LogP contribution in [0.5, 0.6) is 0 Å². The van der Waals surface area contributed by atoms with Crippen molar-refractivity contribution >= 4 is 11.8 Å². The summed E-state index contributed by atoms with van der Waals surface area (Å²) in [4.78, 5) is 25.6. The predicted octanol–water partition coefficient (Wildman–Crippen LogP) is 2.42. The average Bonchev–Trinajstić information content (AvgIpc) is 2.89. The Morgan fingerprint density at radius 1 is 1.05 bits per heavy atom. The fourth-order valence-electron chi connectivity index (χ4n) is 2.23. The van der Waals surface area contributed by atoms with Crippen LogP contribution in [0.4, 0.5) is 0 Å². The summed E-state index contributed by atoms with van der Waals surface area (Å²) in [5.41, 5.74) is 1.46. The topological polar surface area (TPSA) is 46.6 Å².